The molecule has 24 heavy (non-hydrogen) atoms. The molecule has 138 valence electrons. The van der Waals surface area contributed by atoms with E-state index in [0.717, 1.165) is 5.70 Å². The number of halogens is 1. The van der Waals surface area contributed by atoms with E-state index in [1.807, 2.05) is 41.5 Å². The summed E-state index contributed by atoms with van der Waals surface area (Å²) in [5.41, 5.74) is 1.42. The number of nitrogens with zero attached hydrogens (tertiary/aromatic N) is 1. The molecule has 5 heteroatoms. The summed E-state index contributed by atoms with van der Waals surface area (Å²) in [6.07, 6.45) is 4.95. The van der Waals surface area contributed by atoms with Crippen LogP contribution in [0.5, 0.6) is 0 Å². The van der Waals surface area contributed by atoms with Gasteiger partial charge in [0, 0.05) is 23.5 Å². The second-order valence-electron chi connectivity index (χ2n) is 2.99. The van der Waals surface area contributed by atoms with Crippen LogP contribution in [0.4, 0.5) is 15.8 Å². The lowest BCUT2D eigenvalue weighted by molar-refractivity contribution is -0.384. The molecule has 0 aliphatic heterocycles. The Hall–Kier alpha value is -2.43. The lowest BCUT2D eigenvalue weighted by Gasteiger charge is -2.05. The van der Waals surface area contributed by atoms with Crippen molar-refractivity contribution in [3.63, 3.8) is 0 Å². The van der Waals surface area contributed by atoms with Crippen LogP contribution in [0.2, 0.25) is 0 Å². The van der Waals surface area contributed by atoms with Gasteiger partial charge in [0.2, 0.25) is 0 Å². The second-order valence-corrected chi connectivity index (χ2v) is 2.99. The fraction of sp³-hybridized carbons (Fsp3) is 0.368. The summed E-state index contributed by atoms with van der Waals surface area (Å²) >= 11 is 0. The van der Waals surface area contributed by atoms with Crippen LogP contribution in [0, 0.1) is 10.1 Å². The van der Waals surface area contributed by atoms with Crippen molar-refractivity contribution >= 4 is 11.4 Å². The summed E-state index contributed by atoms with van der Waals surface area (Å²) in [6.45, 7) is 19.2. The average Bonchev–Trinajstić information content (AvgIpc) is 2.68. The van der Waals surface area contributed by atoms with E-state index < -0.39 is 4.92 Å². The molecule has 0 heterocycles. The highest BCUT2D eigenvalue weighted by atomic mass is 19.1. The fourth-order valence-electron chi connectivity index (χ4n) is 1.15. The lowest BCUT2D eigenvalue weighted by Crippen LogP contribution is -1.97. The van der Waals surface area contributed by atoms with Gasteiger partial charge in [0.05, 0.1) is 12.1 Å². The first kappa shape index (κ1) is 29.6. The summed E-state index contributed by atoms with van der Waals surface area (Å²) in [5, 5.41) is 13.6. The Morgan fingerprint density at radius 1 is 1.12 bits per heavy atom. The highest BCUT2D eigenvalue weighted by Crippen LogP contribution is 2.18. The number of alkyl halides is 1. The SMILES string of the molecule is C=C/C=C(\C=C)Nc1cccc([N+](=O)[O-])c1.CC.CC.CC.CF. The normalized spacial score (nSPS) is 8.08. The maximum Gasteiger partial charge on any atom is 0.271 e. The molecule has 0 bridgehead atoms. The highest BCUT2D eigenvalue weighted by Gasteiger charge is 2.05. The van der Waals surface area contributed by atoms with Gasteiger partial charge in [-0.25, -0.2) is 0 Å². The van der Waals surface area contributed by atoms with Crippen LogP contribution in [-0.4, -0.2) is 12.1 Å². The summed E-state index contributed by atoms with van der Waals surface area (Å²) in [5.74, 6) is 0. The average molecular weight is 340 g/mol. The Morgan fingerprint density at radius 2 is 1.62 bits per heavy atom. The van der Waals surface area contributed by atoms with Crippen molar-refractivity contribution < 1.29 is 9.31 Å². The van der Waals surface area contributed by atoms with Crippen LogP contribution in [-0.2, 0) is 0 Å². The minimum absolute atomic E-state index is 0.0482. The smallest absolute Gasteiger partial charge is 0.271 e. The first-order valence-corrected chi connectivity index (χ1v) is 8.02. The molecular weight excluding hydrogens is 307 g/mol. The van der Waals surface area contributed by atoms with E-state index in [4.69, 9.17) is 0 Å². The van der Waals surface area contributed by atoms with Crippen molar-refractivity contribution in [2.45, 2.75) is 41.5 Å². The van der Waals surface area contributed by atoms with Gasteiger partial charge in [-0.2, -0.15) is 0 Å². The van der Waals surface area contributed by atoms with Crippen molar-refractivity contribution in [2.75, 3.05) is 12.5 Å². The molecule has 0 radical (unpaired) electrons. The van der Waals surface area contributed by atoms with Crippen LogP contribution in [0.15, 0.2) is 61.3 Å². The molecule has 1 rings (SSSR count). The molecule has 0 aromatic heterocycles. The zero-order chi connectivity index (χ0) is 20.0. The molecule has 0 saturated heterocycles. The first-order valence-electron chi connectivity index (χ1n) is 8.02. The Balaban J connectivity index is -0.000000218. The van der Waals surface area contributed by atoms with Gasteiger partial charge >= 0.3 is 0 Å². The van der Waals surface area contributed by atoms with Gasteiger partial charge in [0.15, 0.2) is 0 Å². The predicted octanol–water partition coefficient (Wildman–Crippen LogP) is 6.93. The zero-order valence-electron chi connectivity index (χ0n) is 16.1. The molecule has 0 aliphatic rings. The molecule has 1 aromatic carbocycles. The third-order valence-electron chi connectivity index (χ3n) is 1.86. The molecule has 0 aliphatic carbocycles. The quantitative estimate of drug-likeness (QED) is 0.359. The van der Waals surface area contributed by atoms with Gasteiger partial charge in [-0.3, -0.25) is 14.5 Å². The molecule has 1 N–H and O–H groups in total. The van der Waals surface area contributed by atoms with Crippen molar-refractivity contribution in [1.82, 2.24) is 0 Å². The molecule has 0 amide bonds. The summed E-state index contributed by atoms with van der Waals surface area (Å²) in [6, 6.07) is 6.26. The van der Waals surface area contributed by atoms with Crippen LogP contribution in [0.3, 0.4) is 0 Å². The topological polar surface area (TPSA) is 55.2 Å². The van der Waals surface area contributed by atoms with Gasteiger partial charge in [0.25, 0.3) is 5.69 Å². The van der Waals surface area contributed by atoms with Crippen molar-refractivity contribution in [2.24, 2.45) is 0 Å². The highest BCUT2D eigenvalue weighted by molar-refractivity contribution is 5.56. The van der Waals surface area contributed by atoms with Crippen LogP contribution >= 0.6 is 0 Å². The zero-order valence-corrected chi connectivity index (χ0v) is 16.1. The Morgan fingerprint density at radius 3 is 2.00 bits per heavy atom. The van der Waals surface area contributed by atoms with Gasteiger partial charge in [0.1, 0.15) is 0 Å². The van der Waals surface area contributed by atoms with E-state index in [9.17, 15) is 14.5 Å². The van der Waals surface area contributed by atoms with Crippen LogP contribution in [0.25, 0.3) is 0 Å². The Bertz CT molecular complexity index is 458. The number of rotatable bonds is 5. The number of anilines is 1. The van der Waals surface area contributed by atoms with Gasteiger partial charge < -0.3 is 5.32 Å². The van der Waals surface area contributed by atoms with E-state index in [0.29, 0.717) is 12.9 Å². The third-order valence-corrected chi connectivity index (χ3v) is 1.86. The molecule has 4 nitrogen and oxygen atoms in total. The van der Waals surface area contributed by atoms with Gasteiger partial charge in [-0.15, -0.1) is 0 Å². The van der Waals surface area contributed by atoms with Crippen molar-refractivity contribution in [3.8, 4) is 0 Å². The summed E-state index contributed by atoms with van der Waals surface area (Å²) in [7, 11) is 0.500. The Kier molecular flexibility index (Phi) is 31.4. The maximum absolute atomic E-state index is 10.6. The minimum atomic E-state index is -0.435. The number of non-ortho nitro benzene ring substituents is 1. The molecule has 0 atom stereocenters. The van der Waals surface area contributed by atoms with E-state index >= 15 is 0 Å². The van der Waals surface area contributed by atoms with Crippen LogP contribution < -0.4 is 5.32 Å². The Labute approximate surface area is 146 Å². The van der Waals surface area contributed by atoms with Gasteiger partial charge in [-0.05, 0) is 18.2 Å². The first-order chi connectivity index (χ1) is 11.7. The number of benzene rings is 1. The van der Waals surface area contributed by atoms with E-state index in [1.54, 1.807) is 30.4 Å². The van der Waals surface area contributed by atoms with E-state index in [1.165, 1.54) is 12.1 Å². The largest absolute Gasteiger partial charge is 0.355 e. The molecule has 0 fully saturated rings. The molecule has 1 aromatic rings. The molecule has 0 unspecified atom stereocenters. The van der Waals surface area contributed by atoms with E-state index in [-0.39, 0.29) is 5.69 Å². The third kappa shape index (κ3) is 15.9. The van der Waals surface area contributed by atoms with E-state index in [2.05, 4.69) is 18.5 Å². The number of nitro benzene ring substituents is 1. The molecule has 0 saturated carbocycles. The second kappa shape index (κ2) is 25.5. The minimum Gasteiger partial charge on any atom is -0.355 e. The summed E-state index contributed by atoms with van der Waals surface area (Å²) in [4.78, 5) is 10.1. The molecule has 0 spiro atoms. The molecular formula is C19H33FN2O2. The lowest BCUT2D eigenvalue weighted by atomic mass is 10.2. The maximum atomic E-state index is 10.6. The number of hydrogen-bond acceptors (Lipinski definition) is 3. The van der Waals surface area contributed by atoms with Crippen molar-refractivity contribution in [1.29, 1.82) is 0 Å². The number of nitrogens with one attached hydrogen (secondary N) is 1. The number of allylic oxidation sites excluding steroid dienone is 3. The van der Waals surface area contributed by atoms with Gasteiger partial charge in [-0.1, -0.05) is 66.8 Å². The van der Waals surface area contributed by atoms with Crippen molar-refractivity contribution in [3.05, 3.63) is 71.5 Å². The number of hydrogen-bond donors (Lipinski definition) is 1. The fourth-order valence-corrected chi connectivity index (χ4v) is 1.15. The van der Waals surface area contributed by atoms with Crippen LogP contribution in [0.1, 0.15) is 41.5 Å². The summed E-state index contributed by atoms with van der Waals surface area (Å²) < 4.78 is 9.50. The number of nitro groups is 1. The standard InChI is InChI=1S/C12H12N2O2.3C2H6.CH3F/c1-3-6-10(4-2)13-11-7-5-8-12(9-11)14(15)16;4*1-2/h3-9,13H,1-2H2;3*1-2H3;1H3/b10-6+;;;;. The monoisotopic (exact) mass is 340 g/mol. The predicted molar refractivity (Wildman–Crippen MR) is 106 cm³/mol.